The molecule has 1 aliphatic carbocycles. The van der Waals surface area contributed by atoms with Gasteiger partial charge in [0.05, 0.1) is 30.5 Å². The molecule has 6 heteroatoms. The number of benzene rings is 3. The zero-order chi connectivity index (χ0) is 25.4. The van der Waals surface area contributed by atoms with E-state index in [1.807, 2.05) is 71.3 Å². The van der Waals surface area contributed by atoms with Gasteiger partial charge in [0.25, 0.3) is 5.56 Å². The van der Waals surface area contributed by atoms with Crippen LogP contribution in [0, 0.1) is 0 Å². The predicted molar refractivity (Wildman–Crippen MR) is 149 cm³/mol. The third-order valence-electron chi connectivity index (χ3n) is 6.94. The Hall–Kier alpha value is -4.16. The molecule has 2 heterocycles. The maximum absolute atomic E-state index is 13.9. The quantitative estimate of drug-likeness (QED) is 0.383. The van der Waals surface area contributed by atoms with Crippen LogP contribution in [0.25, 0.3) is 17.8 Å². The number of thiazole rings is 1. The van der Waals surface area contributed by atoms with Crippen LogP contribution >= 0.6 is 11.3 Å². The molecular formula is C31H26N2O3S. The topological polar surface area (TPSA) is 52.8 Å². The Morgan fingerprint density at radius 2 is 1.78 bits per heavy atom. The largest absolute Gasteiger partial charge is 0.497 e. The van der Waals surface area contributed by atoms with Crippen LogP contribution in [-0.4, -0.2) is 18.8 Å². The van der Waals surface area contributed by atoms with Crippen molar-refractivity contribution >= 4 is 29.2 Å². The number of aryl methyl sites for hydroxylation is 1. The first-order valence-electron chi connectivity index (χ1n) is 12.2. The molecule has 0 spiro atoms. The van der Waals surface area contributed by atoms with Gasteiger partial charge in [-0.3, -0.25) is 9.36 Å². The van der Waals surface area contributed by atoms with Crippen molar-refractivity contribution in [2.45, 2.75) is 18.9 Å². The van der Waals surface area contributed by atoms with E-state index >= 15 is 0 Å². The fourth-order valence-corrected chi connectivity index (χ4v) is 6.13. The summed E-state index contributed by atoms with van der Waals surface area (Å²) in [5.74, 6) is 1.44. The minimum absolute atomic E-state index is 0.0539. The lowest BCUT2D eigenvalue weighted by molar-refractivity contribution is 0.392. The molecule has 0 bridgehead atoms. The molecule has 0 saturated heterocycles. The highest BCUT2D eigenvalue weighted by Crippen LogP contribution is 2.44. The van der Waals surface area contributed by atoms with E-state index < -0.39 is 0 Å². The van der Waals surface area contributed by atoms with E-state index in [0.717, 1.165) is 52.3 Å². The number of aromatic nitrogens is 1. The normalized spacial score (nSPS) is 16.7. The molecule has 0 saturated carbocycles. The summed E-state index contributed by atoms with van der Waals surface area (Å²) in [5, 5.41) is 0. The molecule has 0 radical (unpaired) electrons. The molecular weight excluding hydrogens is 480 g/mol. The molecule has 0 N–H and O–H groups in total. The van der Waals surface area contributed by atoms with E-state index in [-0.39, 0.29) is 11.6 Å². The second-order valence-corrected chi connectivity index (χ2v) is 10.0. The van der Waals surface area contributed by atoms with Crippen LogP contribution in [0.1, 0.15) is 34.7 Å². The summed E-state index contributed by atoms with van der Waals surface area (Å²) in [5.41, 5.74) is 6.44. The lowest BCUT2D eigenvalue weighted by Gasteiger charge is -2.31. The van der Waals surface area contributed by atoms with Gasteiger partial charge in [0.15, 0.2) is 4.80 Å². The van der Waals surface area contributed by atoms with E-state index in [1.165, 1.54) is 16.9 Å². The van der Waals surface area contributed by atoms with Crippen molar-refractivity contribution < 1.29 is 9.47 Å². The Labute approximate surface area is 219 Å². The number of allylic oxidation sites excluding steroid dienone is 2. The number of fused-ring (bicyclic) bond motifs is 3. The summed E-state index contributed by atoms with van der Waals surface area (Å²) in [6.07, 6.45) is 7.53. The Balaban J connectivity index is 1.58. The van der Waals surface area contributed by atoms with Gasteiger partial charge < -0.3 is 9.47 Å². The van der Waals surface area contributed by atoms with Gasteiger partial charge in [-0.2, -0.15) is 0 Å². The van der Waals surface area contributed by atoms with Crippen molar-refractivity contribution in [1.82, 2.24) is 4.57 Å². The van der Waals surface area contributed by atoms with Gasteiger partial charge in [-0.15, -0.1) is 0 Å². The van der Waals surface area contributed by atoms with Crippen LogP contribution < -0.4 is 24.4 Å². The molecule has 0 fully saturated rings. The van der Waals surface area contributed by atoms with Gasteiger partial charge >= 0.3 is 0 Å². The van der Waals surface area contributed by atoms with Gasteiger partial charge in [0, 0.05) is 11.1 Å². The highest BCUT2D eigenvalue weighted by molar-refractivity contribution is 7.07. The fraction of sp³-hybridized carbons (Fsp3) is 0.161. The maximum atomic E-state index is 13.9. The van der Waals surface area contributed by atoms with Crippen LogP contribution in [0.15, 0.2) is 94.2 Å². The number of nitrogens with zero attached hydrogens (tertiary/aromatic N) is 2. The number of rotatable bonds is 5. The maximum Gasteiger partial charge on any atom is 0.271 e. The number of methoxy groups -OCH3 is 2. The second-order valence-electron chi connectivity index (χ2n) is 9.01. The Kier molecular flexibility index (Phi) is 6.10. The molecule has 3 aromatic carbocycles. The molecule has 1 atom stereocenters. The van der Waals surface area contributed by atoms with E-state index in [9.17, 15) is 4.79 Å². The smallest absolute Gasteiger partial charge is 0.271 e. The number of hydrogen-bond donors (Lipinski definition) is 0. The molecule has 6 rings (SSSR count). The van der Waals surface area contributed by atoms with Crippen molar-refractivity contribution in [3.05, 3.63) is 126 Å². The highest BCUT2D eigenvalue weighted by Gasteiger charge is 2.34. The summed E-state index contributed by atoms with van der Waals surface area (Å²) < 4.78 is 13.8. The van der Waals surface area contributed by atoms with Crippen LogP contribution in [-0.2, 0) is 6.42 Å². The van der Waals surface area contributed by atoms with Gasteiger partial charge in [0.2, 0.25) is 0 Å². The zero-order valence-corrected chi connectivity index (χ0v) is 21.5. The second kappa shape index (κ2) is 9.71. The first kappa shape index (κ1) is 23.3. The summed E-state index contributed by atoms with van der Waals surface area (Å²) in [7, 11) is 3.31. The molecule has 2 aliphatic rings. The average molecular weight is 507 g/mol. The number of ether oxygens (including phenoxy) is 2. The Bertz CT molecular complexity index is 1730. The van der Waals surface area contributed by atoms with E-state index in [0.29, 0.717) is 9.33 Å². The van der Waals surface area contributed by atoms with Crippen molar-refractivity contribution in [3.63, 3.8) is 0 Å². The minimum Gasteiger partial charge on any atom is -0.497 e. The predicted octanol–water partition coefficient (Wildman–Crippen LogP) is 5.00. The molecule has 1 aromatic heterocycles. The van der Waals surface area contributed by atoms with Gasteiger partial charge in [-0.25, -0.2) is 4.99 Å². The SMILES string of the molecule is COc1ccc(OC)c(C2C3=C(N=c4sc(=CC=Cc5ccccc5)c(=O)n42)c2ccccc2CC3)c1. The average Bonchev–Trinajstić information content (AvgIpc) is 3.26. The third kappa shape index (κ3) is 4.13. The molecule has 37 heavy (non-hydrogen) atoms. The highest BCUT2D eigenvalue weighted by atomic mass is 32.1. The van der Waals surface area contributed by atoms with Crippen LogP contribution in [0.3, 0.4) is 0 Å². The molecule has 1 aliphatic heterocycles. The summed E-state index contributed by atoms with van der Waals surface area (Å²) in [6.45, 7) is 0. The molecule has 5 nitrogen and oxygen atoms in total. The first-order chi connectivity index (χ1) is 18.2. The van der Waals surface area contributed by atoms with E-state index in [4.69, 9.17) is 14.5 Å². The van der Waals surface area contributed by atoms with E-state index in [2.05, 4.69) is 24.3 Å². The number of hydrogen-bond acceptors (Lipinski definition) is 5. The molecule has 1 unspecified atom stereocenters. The van der Waals surface area contributed by atoms with Crippen molar-refractivity contribution in [2.24, 2.45) is 4.99 Å². The van der Waals surface area contributed by atoms with Crippen molar-refractivity contribution in [1.29, 1.82) is 0 Å². The standard InChI is InChI=1S/C31H26N2O3S/c1-35-22-16-18-26(36-2)25(19-22)29-24-17-15-21-12-6-7-13-23(21)28(24)32-31-33(29)30(34)27(37-31)14-8-11-20-9-4-3-5-10-20/h3-14,16,18-19,29H,15,17H2,1-2H3. The summed E-state index contributed by atoms with van der Waals surface area (Å²) in [4.78, 5) is 19.6. The lowest BCUT2D eigenvalue weighted by atomic mass is 9.83. The Morgan fingerprint density at radius 1 is 0.973 bits per heavy atom. The molecule has 0 amide bonds. The van der Waals surface area contributed by atoms with Crippen LogP contribution in [0.5, 0.6) is 11.5 Å². The van der Waals surface area contributed by atoms with E-state index in [1.54, 1.807) is 14.2 Å². The molecule has 184 valence electrons. The van der Waals surface area contributed by atoms with Crippen LogP contribution in [0.4, 0.5) is 0 Å². The summed E-state index contributed by atoms with van der Waals surface area (Å²) >= 11 is 1.42. The molecule has 4 aromatic rings. The Morgan fingerprint density at radius 3 is 2.59 bits per heavy atom. The van der Waals surface area contributed by atoms with Gasteiger partial charge in [-0.1, -0.05) is 78.1 Å². The minimum atomic E-state index is -0.329. The van der Waals surface area contributed by atoms with Gasteiger partial charge in [0.1, 0.15) is 11.5 Å². The summed E-state index contributed by atoms with van der Waals surface area (Å²) in [6, 6.07) is 23.9. The van der Waals surface area contributed by atoms with Gasteiger partial charge in [-0.05, 0) is 53.8 Å². The lowest BCUT2D eigenvalue weighted by Crippen LogP contribution is -2.38. The third-order valence-corrected chi connectivity index (χ3v) is 7.94. The fourth-order valence-electron chi connectivity index (χ4n) is 5.18. The zero-order valence-electron chi connectivity index (χ0n) is 20.7. The van der Waals surface area contributed by atoms with Crippen molar-refractivity contribution in [2.75, 3.05) is 14.2 Å². The van der Waals surface area contributed by atoms with Crippen LogP contribution in [0.2, 0.25) is 0 Å². The van der Waals surface area contributed by atoms with Crippen molar-refractivity contribution in [3.8, 4) is 11.5 Å². The first-order valence-corrected chi connectivity index (χ1v) is 13.1. The monoisotopic (exact) mass is 506 g/mol.